The van der Waals surface area contributed by atoms with Crippen LogP contribution in [0.1, 0.15) is 32.1 Å². The third-order valence-electron chi connectivity index (χ3n) is 4.38. The predicted molar refractivity (Wildman–Crippen MR) is 79.7 cm³/mol. The third-order valence-corrected chi connectivity index (χ3v) is 4.38. The summed E-state index contributed by atoms with van der Waals surface area (Å²) < 4.78 is 5.30. The first-order valence-corrected chi connectivity index (χ1v) is 8.00. The Kier molecular flexibility index (Phi) is 6.76. The van der Waals surface area contributed by atoms with Crippen LogP contribution in [0.3, 0.4) is 0 Å². The highest BCUT2D eigenvalue weighted by atomic mass is 16.5. The summed E-state index contributed by atoms with van der Waals surface area (Å²) in [5.74, 6) is 0.988. The topological polar surface area (TPSA) is 53.6 Å². The Balaban J connectivity index is 1.57. The van der Waals surface area contributed by atoms with Crippen LogP contribution in [-0.2, 0) is 9.53 Å². The van der Waals surface area contributed by atoms with Crippen molar-refractivity contribution in [1.82, 2.24) is 15.5 Å². The van der Waals surface area contributed by atoms with E-state index in [1.807, 2.05) is 7.05 Å². The number of carbonyl (C=O) groups excluding carboxylic acids is 1. The molecular weight excluding hydrogens is 254 g/mol. The van der Waals surface area contributed by atoms with Crippen LogP contribution in [0.25, 0.3) is 0 Å². The molecule has 0 spiro atoms. The van der Waals surface area contributed by atoms with Gasteiger partial charge in [0.25, 0.3) is 0 Å². The van der Waals surface area contributed by atoms with E-state index in [9.17, 15) is 4.79 Å². The highest BCUT2D eigenvalue weighted by Gasteiger charge is 2.18. The molecule has 2 aliphatic rings. The van der Waals surface area contributed by atoms with Gasteiger partial charge in [0, 0.05) is 19.3 Å². The first-order valence-electron chi connectivity index (χ1n) is 8.00. The molecule has 0 aliphatic carbocycles. The van der Waals surface area contributed by atoms with Crippen molar-refractivity contribution in [2.45, 2.75) is 38.1 Å². The summed E-state index contributed by atoms with van der Waals surface area (Å²) in [4.78, 5) is 14.1. The Morgan fingerprint density at radius 1 is 1.25 bits per heavy atom. The maximum Gasteiger partial charge on any atom is 0.234 e. The number of hydrogen-bond acceptors (Lipinski definition) is 4. The molecule has 2 rings (SSSR count). The van der Waals surface area contributed by atoms with Crippen molar-refractivity contribution in [2.75, 3.05) is 46.4 Å². The summed E-state index contributed by atoms with van der Waals surface area (Å²) in [5.41, 5.74) is 0. The summed E-state index contributed by atoms with van der Waals surface area (Å²) in [6.07, 6.45) is 5.67. The predicted octanol–water partition coefficient (Wildman–Crippen LogP) is 0.603. The standard InChI is InChI=1S/C15H29N3O2/c1-18(9-4-13-2-7-16-8-3-13)12-15(19)17-14-5-10-20-11-6-14/h13-14,16H,2-12H2,1H3,(H,17,19). The monoisotopic (exact) mass is 283 g/mol. The lowest BCUT2D eigenvalue weighted by molar-refractivity contribution is -0.123. The molecule has 0 unspecified atom stereocenters. The van der Waals surface area contributed by atoms with Crippen LogP contribution in [0.2, 0.25) is 0 Å². The van der Waals surface area contributed by atoms with Crippen LogP contribution in [0.5, 0.6) is 0 Å². The van der Waals surface area contributed by atoms with Crippen molar-refractivity contribution in [3.05, 3.63) is 0 Å². The van der Waals surface area contributed by atoms with Crippen LogP contribution >= 0.6 is 0 Å². The van der Waals surface area contributed by atoms with Gasteiger partial charge < -0.3 is 15.4 Å². The second kappa shape index (κ2) is 8.60. The Morgan fingerprint density at radius 2 is 1.95 bits per heavy atom. The van der Waals surface area contributed by atoms with Gasteiger partial charge in [0.2, 0.25) is 5.91 Å². The Morgan fingerprint density at radius 3 is 2.65 bits per heavy atom. The first kappa shape index (κ1) is 15.7. The highest BCUT2D eigenvalue weighted by molar-refractivity contribution is 5.78. The van der Waals surface area contributed by atoms with Gasteiger partial charge in [-0.1, -0.05) is 0 Å². The van der Waals surface area contributed by atoms with E-state index >= 15 is 0 Å². The minimum Gasteiger partial charge on any atom is -0.381 e. The lowest BCUT2D eigenvalue weighted by Gasteiger charge is -2.26. The Labute approximate surface area is 122 Å². The van der Waals surface area contributed by atoms with Gasteiger partial charge in [0.05, 0.1) is 6.54 Å². The second-order valence-corrected chi connectivity index (χ2v) is 6.17. The third kappa shape index (κ3) is 5.77. The molecule has 2 heterocycles. The van der Waals surface area contributed by atoms with E-state index in [1.165, 1.54) is 19.3 Å². The second-order valence-electron chi connectivity index (χ2n) is 6.17. The van der Waals surface area contributed by atoms with E-state index in [0.29, 0.717) is 12.6 Å². The average Bonchev–Trinajstić information content (AvgIpc) is 2.47. The smallest absolute Gasteiger partial charge is 0.234 e. The molecule has 116 valence electrons. The van der Waals surface area contributed by atoms with Gasteiger partial charge >= 0.3 is 0 Å². The molecule has 5 nitrogen and oxygen atoms in total. The maximum absolute atomic E-state index is 12.0. The van der Waals surface area contributed by atoms with Crippen LogP contribution in [0.15, 0.2) is 0 Å². The number of likely N-dealkylation sites (N-methyl/N-ethyl adjacent to an activating group) is 1. The lowest BCUT2D eigenvalue weighted by Crippen LogP contribution is -2.43. The molecule has 0 bridgehead atoms. The zero-order valence-electron chi connectivity index (χ0n) is 12.7. The zero-order chi connectivity index (χ0) is 14.2. The molecule has 20 heavy (non-hydrogen) atoms. The van der Waals surface area contributed by atoms with E-state index < -0.39 is 0 Å². The van der Waals surface area contributed by atoms with Gasteiger partial charge in [-0.05, 0) is 64.7 Å². The molecule has 0 aromatic heterocycles. The lowest BCUT2D eigenvalue weighted by atomic mass is 9.94. The van der Waals surface area contributed by atoms with Gasteiger partial charge in [-0.25, -0.2) is 0 Å². The molecule has 2 N–H and O–H groups in total. The first-order chi connectivity index (χ1) is 9.74. The van der Waals surface area contributed by atoms with E-state index in [4.69, 9.17) is 4.74 Å². The molecular formula is C15H29N3O2. The molecule has 1 amide bonds. The number of nitrogens with zero attached hydrogens (tertiary/aromatic N) is 1. The summed E-state index contributed by atoms with van der Waals surface area (Å²) in [6, 6.07) is 0.314. The highest BCUT2D eigenvalue weighted by Crippen LogP contribution is 2.15. The van der Waals surface area contributed by atoms with Gasteiger partial charge in [-0.2, -0.15) is 0 Å². The fourth-order valence-electron chi connectivity index (χ4n) is 3.01. The molecule has 0 aromatic carbocycles. The van der Waals surface area contributed by atoms with Crippen LogP contribution in [0, 0.1) is 5.92 Å². The van der Waals surface area contributed by atoms with Gasteiger partial charge in [-0.15, -0.1) is 0 Å². The number of carbonyl (C=O) groups is 1. The normalized spacial score (nSPS) is 22.1. The van der Waals surface area contributed by atoms with Crippen LogP contribution in [-0.4, -0.2) is 63.3 Å². The molecule has 0 saturated carbocycles. The van der Waals surface area contributed by atoms with Gasteiger partial charge in [0.1, 0.15) is 0 Å². The van der Waals surface area contributed by atoms with Crippen molar-refractivity contribution >= 4 is 5.91 Å². The fraction of sp³-hybridized carbons (Fsp3) is 0.933. The van der Waals surface area contributed by atoms with Crippen molar-refractivity contribution in [2.24, 2.45) is 5.92 Å². The largest absolute Gasteiger partial charge is 0.381 e. The number of hydrogen-bond donors (Lipinski definition) is 2. The molecule has 2 saturated heterocycles. The van der Waals surface area contributed by atoms with Crippen LogP contribution in [0.4, 0.5) is 0 Å². The van der Waals surface area contributed by atoms with E-state index in [2.05, 4.69) is 15.5 Å². The molecule has 0 radical (unpaired) electrons. The van der Waals surface area contributed by atoms with Crippen molar-refractivity contribution < 1.29 is 9.53 Å². The molecule has 5 heteroatoms. The van der Waals surface area contributed by atoms with Crippen molar-refractivity contribution in [1.29, 1.82) is 0 Å². The van der Waals surface area contributed by atoms with E-state index in [-0.39, 0.29) is 5.91 Å². The fourth-order valence-corrected chi connectivity index (χ4v) is 3.01. The molecule has 2 fully saturated rings. The van der Waals surface area contributed by atoms with Gasteiger partial charge in [-0.3, -0.25) is 9.69 Å². The number of nitrogens with one attached hydrogen (secondary N) is 2. The molecule has 0 aromatic rings. The Hall–Kier alpha value is -0.650. The maximum atomic E-state index is 12.0. The summed E-state index contributed by atoms with van der Waals surface area (Å²) in [5, 5.41) is 6.51. The quantitative estimate of drug-likeness (QED) is 0.750. The minimum atomic E-state index is 0.157. The minimum absolute atomic E-state index is 0.157. The summed E-state index contributed by atoms with van der Waals surface area (Å²) in [7, 11) is 2.05. The summed E-state index contributed by atoms with van der Waals surface area (Å²) >= 11 is 0. The van der Waals surface area contributed by atoms with Crippen LogP contribution < -0.4 is 10.6 Å². The van der Waals surface area contributed by atoms with Gasteiger partial charge in [0.15, 0.2) is 0 Å². The van der Waals surface area contributed by atoms with E-state index in [0.717, 1.165) is 51.6 Å². The SMILES string of the molecule is CN(CCC1CCNCC1)CC(=O)NC1CCOCC1. The number of piperidine rings is 1. The van der Waals surface area contributed by atoms with E-state index in [1.54, 1.807) is 0 Å². The number of ether oxygens (including phenoxy) is 1. The average molecular weight is 283 g/mol. The molecule has 0 atom stereocenters. The van der Waals surface area contributed by atoms with Crippen molar-refractivity contribution in [3.63, 3.8) is 0 Å². The van der Waals surface area contributed by atoms with Crippen molar-refractivity contribution in [3.8, 4) is 0 Å². The Bertz CT molecular complexity index is 287. The molecule has 2 aliphatic heterocycles. The number of rotatable bonds is 6. The zero-order valence-corrected chi connectivity index (χ0v) is 12.7. The summed E-state index contributed by atoms with van der Waals surface area (Å²) in [6.45, 7) is 5.39. The number of amides is 1.